The fourth-order valence-corrected chi connectivity index (χ4v) is 5.91. The molecule has 3 unspecified atom stereocenters. The van der Waals surface area contributed by atoms with Crippen molar-refractivity contribution in [1.82, 2.24) is 9.62 Å². The molecule has 6 nitrogen and oxygen atoms in total. The van der Waals surface area contributed by atoms with E-state index in [1.807, 2.05) is 11.0 Å². The Balaban J connectivity index is 1.38. The van der Waals surface area contributed by atoms with E-state index in [1.54, 1.807) is 49.6 Å². The highest BCUT2D eigenvalue weighted by Crippen LogP contribution is 2.39. The smallest absolute Gasteiger partial charge is 0.240 e. The molecule has 1 heterocycles. The first-order chi connectivity index (χ1) is 13.9. The lowest BCUT2D eigenvalue weighted by Gasteiger charge is -2.32. The van der Waals surface area contributed by atoms with Crippen molar-refractivity contribution in [2.24, 2.45) is 5.92 Å². The molecule has 1 aliphatic heterocycles. The Labute approximate surface area is 175 Å². The average Bonchev–Trinajstić information content (AvgIpc) is 3.30. The van der Waals surface area contributed by atoms with Crippen molar-refractivity contribution in [3.8, 4) is 5.75 Å². The summed E-state index contributed by atoms with van der Waals surface area (Å²) in [5.41, 5.74) is 0.765. The Hall–Kier alpha value is -2.09. The van der Waals surface area contributed by atoms with Gasteiger partial charge in [0, 0.05) is 23.7 Å². The number of carbonyl (C=O) groups excluding carboxylic acids is 1. The van der Waals surface area contributed by atoms with E-state index in [4.69, 9.17) is 16.3 Å². The topological polar surface area (TPSA) is 75.7 Å². The number of amides is 1. The van der Waals surface area contributed by atoms with E-state index in [0.29, 0.717) is 23.7 Å². The van der Waals surface area contributed by atoms with Gasteiger partial charge < -0.3 is 9.64 Å². The number of rotatable bonds is 6. The van der Waals surface area contributed by atoms with Crippen molar-refractivity contribution in [2.45, 2.75) is 36.2 Å². The van der Waals surface area contributed by atoms with Gasteiger partial charge in [0.2, 0.25) is 15.9 Å². The van der Waals surface area contributed by atoms with Crippen LogP contribution < -0.4 is 9.46 Å². The second kappa shape index (κ2) is 7.97. The van der Waals surface area contributed by atoms with Gasteiger partial charge in [0.1, 0.15) is 5.75 Å². The number of ether oxygens (including phenoxy) is 1. The molecule has 1 amide bonds. The molecule has 2 aromatic rings. The number of methoxy groups -OCH3 is 1. The Bertz CT molecular complexity index is 1010. The lowest BCUT2D eigenvalue weighted by Crippen LogP contribution is -2.48. The number of halogens is 1. The largest absolute Gasteiger partial charge is 0.497 e. The maximum absolute atomic E-state index is 12.8. The maximum Gasteiger partial charge on any atom is 0.240 e. The number of fused-ring (bicyclic) bond motifs is 2. The second-order valence-electron chi connectivity index (χ2n) is 7.61. The summed E-state index contributed by atoms with van der Waals surface area (Å²) in [6.45, 7) is 0.569. The number of hydrogen-bond donors (Lipinski definition) is 1. The van der Waals surface area contributed by atoms with Crippen LogP contribution in [0.4, 0.5) is 0 Å². The van der Waals surface area contributed by atoms with Crippen LogP contribution >= 0.6 is 11.6 Å². The Kier molecular flexibility index (Phi) is 5.55. The molecule has 1 saturated heterocycles. The van der Waals surface area contributed by atoms with Gasteiger partial charge in [-0.2, -0.15) is 0 Å². The maximum atomic E-state index is 12.8. The predicted octanol–water partition coefficient (Wildman–Crippen LogP) is 2.86. The van der Waals surface area contributed by atoms with E-state index >= 15 is 0 Å². The van der Waals surface area contributed by atoms with E-state index in [2.05, 4.69) is 4.72 Å². The van der Waals surface area contributed by atoms with Gasteiger partial charge in [-0.1, -0.05) is 35.9 Å². The van der Waals surface area contributed by atoms with Crippen LogP contribution in [-0.2, 0) is 21.2 Å². The van der Waals surface area contributed by atoms with Gasteiger partial charge in [-0.15, -0.1) is 0 Å². The zero-order valence-electron chi connectivity index (χ0n) is 16.0. The molecule has 2 bridgehead atoms. The molecule has 1 aliphatic carbocycles. The quantitative estimate of drug-likeness (QED) is 0.758. The van der Waals surface area contributed by atoms with Gasteiger partial charge in [0.05, 0.1) is 18.4 Å². The predicted molar refractivity (Wildman–Crippen MR) is 110 cm³/mol. The monoisotopic (exact) mass is 434 g/mol. The summed E-state index contributed by atoms with van der Waals surface area (Å²) < 4.78 is 33.2. The molecular formula is C21H23ClN2O4S. The van der Waals surface area contributed by atoms with Crippen LogP contribution in [0.1, 0.15) is 18.4 Å². The van der Waals surface area contributed by atoms with Gasteiger partial charge in [-0.3, -0.25) is 4.79 Å². The Morgan fingerprint density at radius 3 is 2.59 bits per heavy atom. The molecule has 8 heteroatoms. The van der Waals surface area contributed by atoms with Crippen molar-refractivity contribution in [1.29, 1.82) is 0 Å². The molecule has 1 saturated carbocycles. The first-order valence-corrected chi connectivity index (χ1v) is 11.4. The van der Waals surface area contributed by atoms with Crippen LogP contribution in [0.25, 0.3) is 0 Å². The highest BCUT2D eigenvalue weighted by atomic mass is 35.5. The van der Waals surface area contributed by atoms with Crippen molar-refractivity contribution < 1.29 is 17.9 Å². The zero-order chi connectivity index (χ0) is 20.6. The van der Waals surface area contributed by atoms with Crippen LogP contribution in [0.2, 0.25) is 5.02 Å². The molecule has 1 N–H and O–H groups in total. The standard InChI is InChI=1S/C21H23ClN2O4S/c1-28-17-8-7-14(19(22)12-17)10-21(25)24-13-15-9-16(24)11-20(15)23-29(26,27)18-5-3-2-4-6-18/h2-8,12,15-16,20,23H,9-11,13H2,1H3. The SMILES string of the molecule is COc1ccc(CC(=O)N2CC3CC2CC3NS(=O)(=O)c2ccccc2)c(Cl)c1. The minimum absolute atomic E-state index is 0.0222. The summed E-state index contributed by atoms with van der Waals surface area (Å²) >= 11 is 6.26. The number of nitrogens with zero attached hydrogens (tertiary/aromatic N) is 1. The van der Waals surface area contributed by atoms with Crippen LogP contribution in [-0.4, -0.2) is 45.0 Å². The summed E-state index contributed by atoms with van der Waals surface area (Å²) in [6.07, 6.45) is 1.69. The molecule has 3 atom stereocenters. The molecule has 0 aromatic heterocycles. The van der Waals surface area contributed by atoms with E-state index in [-0.39, 0.29) is 35.2 Å². The number of likely N-dealkylation sites (tertiary alicyclic amines) is 1. The van der Waals surface area contributed by atoms with Crippen molar-refractivity contribution >= 4 is 27.5 Å². The van der Waals surface area contributed by atoms with E-state index in [1.165, 1.54) is 0 Å². The van der Waals surface area contributed by atoms with Gasteiger partial charge in [-0.05, 0) is 48.6 Å². The summed E-state index contributed by atoms with van der Waals surface area (Å²) in [5, 5.41) is 0.510. The molecule has 29 heavy (non-hydrogen) atoms. The molecular weight excluding hydrogens is 412 g/mol. The summed E-state index contributed by atoms with van der Waals surface area (Å²) in [7, 11) is -1.98. The number of hydrogen-bond acceptors (Lipinski definition) is 4. The van der Waals surface area contributed by atoms with Crippen molar-refractivity contribution in [3.05, 3.63) is 59.1 Å². The summed E-state index contributed by atoms with van der Waals surface area (Å²) in [6, 6.07) is 13.6. The molecule has 4 rings (SSSR count). The minimum atomic E-state index is -3.55. The lowest BCUT2D eigenvalue weighted by molar-refractivity contribution is -0.132. The fourth-order valence-electron chi connectivity index (χ4n) is 4.33. The van der Waals surface area contributed by atoms with Gasteiger partial charge in [-0.25, -0.2) is 13.1 Å². The molecule has 0 spiro atoms. The number of sulfonamides is 1. The fraction of sp³-hybridized carbons (Fsp3) is 0.381. The van der Waals surface area contributed by atoms with E-state index in [0.717, 1.165) is 12.0 Å². The molecule has 2 fully saturated rings. The molecule has 0 radical (unpaired) electrons. The van der Waals surface area contributed by atoms with Crippen LogP contribution in [0.3, 0.4) is 0 Å². The summed E-state index contributed by atoms with van der Waals surface area (Å²) in [4.78, 5) is 15.0. The number of carbonyl (C=O) groups is 1. The van der Waals surface area contributed by atoms with E-state index in [9.17, 15) is 13.2 Å². The highest BCUT2D eigenvalue weighted by Gasteiger charge is 2.47. The second-order valence-corrected chi connectivity index (χ2v) is 9.73. The van der Waals surface area contributed by atoms with E-state index < -0.39 is 10.0 Å². The van der Waals surface area contributed by atoms with Crippen LogP contribution in [0.15, 0.2) is 53.4 Å². The van der Waals surface area contributed by atoms with Crippen molar-refractivity contribution in [3.63, 3.8) is 0 Å². The minimum Gasteiger partial charge on any atom is -0.497 e. The zero-order valence-corrected chi connectivity index (χ0v) is 17.6. The molecule has 2 aliphatic rings. The third-order valence-corrected chi connectivity index (χ3v) is 7.68. The number of benzene rings is 2. The molecule has 2 aromatic carbocycles. The van der Waals surface area contributed by atoms with Crippen molar-refractivity contribution in [2.75, 3.05) is 13.7 Å². The van der Waals surface area contributed by atoms with Gasteiger partial charge >= 0.3 is 0 Å². The first kappa shape index (κ1) is 20.2. The third-order valence-electron chi connectivity index (χ3n) is 5.82. The summed E-state index contributed by atoms with van der Waals surface area (Å²) in [5.74, 6) is 0.808. The highest BCUT2D eigenvalue weighted by molar-refractivity contribution is 7.89. The third kappa shape index (κ3) is 4.13. The Morgan fingerprint density at radius 1 is 1.21 bits per heavy atom. The Morgan fingerprint density at radius 2 is 1.97 bits per heavy atom. The van der Waals surface area contributed by atoms with Crippen LogP contribution in [0.5, 0.6) is 5.75 Å². The number of nitrogens with one attached hydrogen (secondary N) is 1. The normalized spacial score (nSPS) is 23.4. The lowest BCUT2D eigenvalue weighted by atomic mass is 10.0. The average molecular weight is 435 g/mol. The van der Waals surface area contributed by atoms with Gasteiger partial charge in [0.15, 0.2) is 0 Å². The number of piperidine rings is 1. The van der Waals surface area contributed by atoms with Crippen LogP contribution in [0, 0.1) is 5.92 Å². The first-order valence-electron chi connectivity index (χ1n) is 9.56. The van der Waals surface area contributed by atoms with Gasteiger partial charge in [0.25, 0.3) is 0 Å². The molecule has 154 valence electrons.